The van der Waals surface area contributed by atoms with Crippen molar-refractivity contribution in [2.24, 2.45) is 11.7 Å². The maximum Gasteiger partial charge on any atom is 0.239 e. The minimum Gasteiger partial charge on any atom is -0.334 e. The van der Waals surface area contributed by atoms with E-state index in [9.17, 15) is 4.79 Å². The van der Waals surface area contributed by atoms with Crippen molar-refractivity contribution >= 4 is 5.91 Å². The molecule has 0 aliphatic heterocycles. The fourth-order valence-corrected chi connectivity index (χ4v) is 2.57. The van der Waals surface area contributed by atoms with Crippen molar-refractivity contribution < 1.29 is 4.79 Å². The Balaban J connectivity index is 2.13. The Hall–Kier alpha value is -1.35. The first kappa shape index (κ1) is 14.1. The van der Waals surface area contributed by atoms with Gasteiger partial charge < -0.3 is 10.6 Å². The maximum atomic E-state index is 12.3. The molecule has 104 valence electrons. The fourth-order valence-electron chi connectivity index (χ4n) is 2.57. The molecule has 0 aromatic heterocycles. The van der Waals surface area contributed by atoms with Crippen molar-refractivity contribution in [2.75, 3.05) is 6.54 Å². The highest BCUT2D eigenvalue weighted by atomic mass is 16.2. The number of carbonyl (C=O) groups is 1. The quantitative estimate of drug-likeness (QED) is 0.884. The van der Waals surface area contributed by atoms with Crippen LogP contribution < -0.4 is 5.73 Å². The van der Waals surface area contributed by atoms with Gasteiger partial charge in [0.2, 0.25) is 5.91 Å². The van der Waals surface area contributed by atoms with Crippen molar-refractivity contribution in [1.29, 1.82) is 0 Å². The van der Waals surface area contributed by atoms with Gasteiger partial charge in [0, 0.05) is 6.54 Å². The molecule has 1 amide bonds. The molecule has 2 N–H and O–H groups in total. The summed E-state index contributed by atoms with van der Waals surface area (Å²) in [7, 11) is 0. The molecule has 19 heavy (non-hydrogen) atoms. The number of nitrogens with two attached hydrogens (primary N) is 1. The summed E-state index contributed by atoms with van der Waals surface area (Å²) in [4.78, 5) is 14.3. The van der Waals surface area contributed by atoms with Crippen LogP contribution in [0, 0.1) is 5.92 Å². The minimum absolute atomic E-state index is 0.0586. The predicted molar refractivity (Wildman–Crippen MR) is 77.6 cm³/mol. The van der Waals surface area contributed by atoms with Crippen LogP contribution in [0.3, 0.4) is 0 Å². The Morgan fingerprint density at radius 1 is 1.32 bits per heavy atom. The van der Waals surface area contributed by atoms with Crippen LogP contribution >= 0.6 is 0 Å². The average molecular weight is 260 g/mol. The number of carbonyl (C=O) groups excluding carboxylic acids is 1. The summed E-state index contributed by atoms with van der Waals surface area (Å²) in [5.74, 6) is 0.720. The Morgan fingerprint density at radius 3 is 2.42 bits per heavy atom. The highest BCUT2D eigenvalue weighted by Crippen LogP contribution is 2.30. The van der Waals surface area contributed by atoms with Gasteiger partial charge in [0.1, 0.15) is 0 Å². The van der Waals surface area contributed by atoms with Crippen LogP contribution in [0.15, 0.2) is 30.3 Å². The van der Waals surface area contributed by atoms with Gasteiger partial charge in [-0.2, -0.15) is 0 Å². The number of nitrogens with zero attached hydrogens (tertiary/aromatic N) is 1. The first-order valence-electron chi connectivity index (χ1n) is 7.20. The third-order valence-corrected chi connectivity index (χ3v) is 4.10. The van der Waals surface area contributed by atoms with Gasteiger partial charge in [-0.05, 0) is 38.2 Å². The number of rotatable bonds is 5. The first-order chi connectivity index (χ1) is 9.09. The van der Waals surface area contributed by atoms with E-state index in [1.54, 1.807) is 6.92 Å². The van der Waals surface area contributed by atoms with Gasteiger partial charge in [-0.15, -0.1) is 0 Å². The second-order valence-corrected chi connectivity index (χ2v) is 5.66. The summed E-state index contributed by atoms with van der Waals surface area (Å²) in [6.07, 6.45) is 3.78. The van der Waals surface area contributed by atoms with Crippen LogP contribution in [0.5, 0.6) is 0 Å². The summed E-state index contributed by atoms with van der Waals surface area (Å²) in [5, 5.41) is 0. The van der Waals surface area contributed by atoms with E-state index in [1.807, 2.05) is 23.1 Å². The van der Waals surface area contributed by atoms with E-state index in [-0.39, 0.29) is 11.9 Å². The largest absolute Gasteiger partial charge is 0.334 e. The molecule has 1 aliphatic rings. The van der Waals surface area contributed by atoms with Gasteiger partial charge in [-0.25, -0.2) is 0 Å². The van der Waals surface area contributed by atoms with Crippen molar-refractivity contribution in [3.8, 4) is 0 Å². The molecule has 1 unspecified atom stereocenters. The molecule has 2 atom stereocenters. The zero-order valence-corrected chi connectivity index (χ0v) is 11.9. The lowest BCUT2D eigenvalue weighted by molar-refractivity contribution is -0.135. The molecule has 1 aromatic rings. The Morgan fingerprint density at radius 2 is 1.95 bits per heavy atom. The number of hydrogen-bond acceptors (Lipinski definition) is 2. The van der Waals surface area contributed by atoms with Crippen molar-refractivity contribution in [2.45, 2.75) is 45.2 Å². The number of hydrogen-bond donors (Lipinski definition) is 1. The molecule has 0 bridgehead atoms. The van der Waals surface area contributed by atoms with Crippen LogP contribution in [0.1, 0.15) is 44.7 Å². The van der Waals surface area contributed by atoms with E-state index >= 15 is 0 Å². The molecule has 1 fully saturated rings. The molecule has 3 heteroatoms. The highest BCUT2D eigenvalue weighted by molar-refractivity contribution is 5.81. The first-order valence-corrected chi connectivity index (χ1v) is 7.20. The Labute approximate surface area is 115 Å². The molecular formula is C16H24N2O. The van der Waals surface area contributed by atoms with Crippen molar-refractivity contribution in [3.05, 3.63) is 35.9 Å². The van der Waals surface area contributed by atoms with Crippen LogP contribution in [-0.4, -0.2) is 23.4 Å². The van der Waals surface area contributed by atoms with E-state index in [2.05, 4.69) is 19.1 Å². The van der Waals surface area contributed by atoms with Gasteiger partial charge >= 0.3 is 0 Å². The molecule has 1 saturated carbocycles. The lowest BCUT2D eigenvalue weighted by atomic mass is 9.84. The predicted octanol–water partition coefficient (Wildman–Crippen LogP) is 2.72. The summed E-state index contributed by atoms with van der Waals surface area (Å²) in [6, 6.07) is 9.86. The summed E-state index contributed by atoms with van der Waals surface area (Å²) < 4.78 is 0. The van der Waals surface area contributed by atoms with E-state index in [0.717, 1.165) is 6.54 Å². The monoisotopic (exact) mass is 260 g/mol. The third-order valence-electron chi connectivity index (χ3n) is 4.10. The SMILES string of the molecule is CC(c1ccccc1)N(CC1CCC1)C(=O)[C@H](C)N. The van der Waals surface area contributed by atoms with Gasteiger partial charge in [0.05, 0.1) is 12.1 Å². The standard InChI is InChI=1S/C16H24N2O/c1-12(17)16(19)18(11-14-7-6-8-14)13(2)15-9-4-3-5-10-15/h3-5,9-10,12-14H,6-8,11,17H2,1-2H3/t12-,13?/m0/s1. The van der Waals surface area contributed by atoms with Crippen LogP contribution in [0.2, 0.25) is 0 Å². The van der Waals surface area contributed by atoms with Crippen LogP contribution in [-0.2, 0) is 4.79 Å². The summed E-state index contributed by atoms with van der Waals surface area (Å²) in [6.45, 7) is 4.71. The van der Waals surface area contributed by atoms with Crippen molar-refractivity contribution in [3.63, 3.8) is 0 Å². The second kappa shape index (κ2) is 6.20. The topological polar surface area (TPSA) is 46.3 Å². The molecule has 1 aliphatic carbocycles. The smallest absolute Gasteiger partial charge is 0.239 e. The molecule has 0 radical (unpaired) electrons. The number of amides is 1. The van der Waals surface area contributed by atoms with E-state index in [0.29, 0.717) is 5.92 Å². The zero-order valence-electron chi connectivity index (χ0n) is 11.9. The molecule has 0 saturated heterocycles. The Kier molecular flexibility index (Phi) is 4.59. The molecule has 0 spiro atoms. The third kappa shape index (κ3) is 3.35. The summed E-state index contributed by atoms with van der Waals surface area (Å²) in [5.41, 5.74) is 6.97. The molecular weight excluding hydrogens is 236 g/mol. The zero-order chi connectivity index (χ0) is 13.8. The van der Waals surface area contributed by atoms with Crippen molar-refractivity contribution in [1.82, 2.24) is 4.90 Å². The second-order valence-electron chi connectivity index (χ2n) is 5.66. The van der Waals surface area contributed by atoms with Gasteiger partial charge in [0.15, 0.2) is 0 Å². The fraction of sp³-hybridized carbons (Fsp3) is 0.562. The lowest BCUT2D eigenvalue weighted by Gasteiger charge is -2.37. The normalized spacial score (nSPS) is 18.5. The van der Waals surface area contributed by atoms with Gasteiger partial charge in [0.25, 0.3) is 0 Å². The summed E-state index contributed by atoms with van der Waals surface area (Å²) >= 11 is 0. The molecule has 0 heterocycles. The maximum absolute atomic E-state index is 12.3. The highest BCUT2D eigenvalue weighted by Gasteiger charge is 2.28. The van der Waals surface area contributed by atoms with Crippen LogP contribution in [0.25, 0.3) is 0 Å². The van der Waals surface area contributed by atoms with Gasteiger partial charge in [-0.3, -0.25) is 4.79 Å². The molecule has 3 nitrogen and oxygen atoms in total. The minimum atomic E-state index is -0.425. The average Bonchev–Trinajstić information content (AvgIpc) is 2.37. The number of benzene rings is 1. The van der Waals surface area contributed by atoms with Gasteiger partial charge in [-0.1, -0.05) is 36.8 Å². The van der Waals surface area contributed by atoms with E-state index in [1.165, 1.54) is 24.8 Å². The Bertz CT molecular complexity index is 412. The molecule has 2 rings (SSSR count). The van der Waals surface area contributed by atoms with Crippen LogP contribution in [0.4, 0.5) is 0 Å². The lowest BCUT2D eigenvalue weighted by Crippen LogP contribution is -2.46. The van der Waals surface area contributed by atoms with E-state index in [4.69, 9.17) is 5.73 Å². The van der Waals surface area contributed by atoms with E-state index < -0.39 is 6.04 Å². The molecule has 1 aromatic carbocycles.